The van der Waals surface area contributed by atoms with Crippen LogP contribution in [0.2, 0.25) is 0 Å². The van der Waals surface area contributed by atoms with Crippen LogP contribution in [0.1, 0.15) is 46.5 Å². The number of carboxylic acids is 1. The molecule has 1 rings (SSSR count). The molecule has 0 saturated heterocycles. The van der Waals surface area contributed by atoms with Gasteiger partial charge < -0.3 is 20.3 Å². The highest BCUT2D eigenvalue weighted by Crippen LogP contribution is 2.28. The van der Waals surface area contributed by atoms with Gasteiger partial charge in [-0.2, -0.15) is 0 Å². The summed E-state index contributed by atoms with van der Waals surface area (Å²) in [6.07, 6.45) is 0.642. The van der Waals surface area contributed by atoms with E-state index in [-0.39, 0.29) is 18.9 Å². The van der Waals surface area contributed by atoms with Gasteiger partial charge in [0.05, 0.1) is 0 Å². The summed E-state index contributed by atoms with van der Waals surface area (Å²) in [7, 11) is 0. The van der Waals surface area contributed by atoms with Gasteiger partial charge in [-0.1, -0.05) is 0 Å². The van der Waals surface area contributed by atoms with E-state index in [1.807, 2.05) is 0 Å². The van der Waals surface area contributed by atoms with Gasteiger partial charge >= 0.3 is 12.1 Å². The predicted molar refractivity (Wildman–Crippen MR) is 64.2 cm³/mol. The first-order valence-corrected chi connectivity index (χ1v) is 6.08. The van der Waals surface area contributed by atoms with Crippen molar-refractivity contribution in [3.8, 4) is 0 Å². The van der Waals surface area contributed by atoms with E-state index in [0.29, 0.717) is 12.8 Å². The number of carbonyl (C=O) groups is 2. The van der Waals surface area contributed by atoms with Gasteiger partial charge in [-0.25, -0.2) is 9.59 Å². The van der Waals surface area contributed by atoms with Crippen LogP contribution in [0.4, 0.5) is 4.79 Å². The van der Waals surface area contributed by atoms with Crippen LogP contribution in [0.3, 0.4) is 0 Å². The largest absolute Gasteiger partial charge is 0.479 e. The molecule has 0 aromatic heterocycles. The zero-order chi connectivity index (χ0) is 14.0. The molecule has 1 aliphatic rings. The third-order valence-corrected chi connectivity index (χ3v) is 2.93. The molecule has 0 spiro atoms. The normalized spacial score (nSPS) is 28.6. The molecular weight excluding hydrogens is 238 g/mol. The summed E-state index contributed by atoms with van der Waals surface area (Å²) in [6, 6.07) is -0.139. The highest BCUT2D eigenvalue weighted by Gasteiger charge is 2.40. The van der Waals surface area contributed by atoms with Crippen molar-refractivity contribution in [1.82, 2.24) is 5.32 Å². The van der Waals surface area contributed by atoms with E-state index in [4.69, 9.17) is 9.84 Å². The fourth-order valence-electron chi connectivity index (χ4n) is 1.93. The molecule has 1 fully saturated rings. The first kappa shape index (κ1) is 14.8. The molecule has 18 heavy (non-hydrogen) atoms. The monoisotopic (exact) mass is 259 g/mol. The predicted octanol–water partition coefficient (Wildman–Crippen LogP) is 1.27. The summed E-state index contributed by atoms with van der Waals surface area (Å²) in [6.45, 7) is 5.32. The molecule has 3 N–H and O–H groups in total. The van der Waals surface area contributed by atoms with Crippen molar-refractivity contribution in [3.05, 3.63) is 0 Å². The lowest BCUT2D eigenvalue weighted by atomic mass is 9.82. The molecule has 0 aliphatic heterocycles. The van der Waals surface area contributed by atoms with Crippen molar-refractivity contribution >= 4 is 12.1 Å². The molecule has 0 heterocycles. The Balaban J connectivity index is 2.41. The number of amides is 1. The van der Waals surface area contributed by atoms with Crippen molar-refractivity contribution in [2.45, 2.75) is 63.7 Å². The number of carbonyl (C=O) groups excluding carboxylic acids is 1. The third-order valence-electron chi connectivity index (χ3n) is 2.93. The van der Waals surface area contributed by atoms with Crippen LogP contribution >= 0.6 is 0 Å². The Hall–Kier alpha value is -1.30. The quantitative estimate of drug-likeness (QED) is 0.694. The number of hydrogen-bond acceptors (Lipinski definition) is 4. The summed E-state index contributed by atoms with van der Waals surface area (Å²) in [5.74, 6) is -1.20. The maximum absolute atomic E-state index is 11.5. The number of aliphatic hydroxyl groups is 1. The number of aliphatic carboxylic acids is 1. The fourth-order valence-corrected chi connectivity index (χ4v) is 1.93. The van der Waals surface area contributed by atoms with Gasteiger partial charge in [0.15, 0.2) is 5.60 Å². The second-order valence-corrected chi connectivity index (χ2v) is 5.76. The van der Waals surface area contributed by atoms with Crippen LogP contribution in [0.15, 0.2) is 0 Å². The number of rotatable bonds is 2. The van der Waals surface area contributed by atoms with Gasteiger partial charge in [-0.15, -0.1) is 0 Å². The number of ether oxygens (including phenoxy) is 1. The molecule has 1 saturated carbocycles. The SMILES string of the molecule is CC(C)(C)OC(=O)NC1CCC(O)(C(=O)O)CC1. The number of hydrogen-bond donors (Lipinski definition) is 3. The van der Waals surface area contributed by atoms with Crippen LogP contribution in [0.5, 0.6) is 0 Å². The molecule has 0 aromatic rings. The Kier molecular flexibility index (Phi) is 4.21. The van der Waals surface area contributed by atoms with Crippen LogP contribution in [-0.2, 0) is 9.53 Å². The minimum Gasteiger partial charge on any atom is -0.479 e. The van der Waals surface area contributed by atoms with Gasteiger partial charge in [-0.05, 0) is 46.5 Å². The van der Waals surface area contributed by atoms with Crippen molar-refractivity contribution in [2.75, 3.05) is 0 Å². The Labute approximate surface area is 106 Å². The van der Waals surface area contributed by atoms with Gasteiger partial charge in [0, 0.05) is 6.04 Å². The molecule has 0 unspecified atom stereocenters. The fraction of sp³-hybridized carbons (Fsp3) is 0.833. The van der Waals surface area contributed by atoms with Gasteiger partial charge in [0.25, 0.3) is 0 Å². The zero-order valence-electron chi connectivity index (χ0n) is 11.0. The zero-order valence-corrected chi connectivity index (χ0v) is 11.0. The minimum atomic E-state index is -1.65. The molecule has 0 aromatic carbocycles. The highest BCUT2D eigenvalue weighted by molar-refractivity contribution is 5.77. The number of nitrogens with one attached hydrogen (secondary N) is 1. The topological polar surface area (TPSA) is 95.9 Å². The lowest BCUT2D eigenvalue weighted by Crippen LogP contribution is -2.48. The molecule has 104 valence electrons. The molecular formula is C12H21NO5. The highest BCUT2D eigenvalue weighted by atomic mass is 16.6. The van der Waals surface area contributed by atoms with E-state index in [1.54, 1.807) is 20.8 Å². The summed E-state index contributed by atoms with van der Waals surface area (Å²) in [4.78, 5) is 22.3. The maximum atomic E-state index is 11.5. The summed E-state index contributed by atoms with van der Waals surface area (Å²) in [5, 5.41) is 21.3. The molecule has 6 nitrogen and oxygen atoms in total. The van der Waals surface area contributed by atoms with E-state index in [2.05, 4.69) is 5.32 Å². The smallest absolute Gasteiger partial charge is 0.407 e. The van der Waals surface area contributed by atoms with Crippen LogP contribution < -0.4 is 5.32 Å². The first-order valence-electron chi connectivity index (χ1n) is 6.08. The summed E-state index contributed by atoms with van der Waals surface area (Å²) >= 11 is 0. The molecule has 0 radical (unpaired) electrons. The Morgan fingerprint density at radius 3 is 2.17 bits per heavy atom. The molecule has 6 heteroatoms. The minimum absolute atomic E-state index is 0.139. The molecule has 0 atom stereocenters. The number of alkyl carbamates (subject to hydrolysis) is 1. The van der Waals surface area contributed by atoms with Crippen molar-refractivity contribution in [1.29, 1.82) is 0 Å². The van der Waals surface area contributed by atoms with E-state index in [0.717, 1.165) is 0 Å². The summed E-state index contributed by atoms with van der Waals surface area (Å²) < 4.78 is 5.11. The standard InChI is InChI=1S/C12H21NO5/c1-11(2,3)18-10(16)13-8-4-6-12(17,7-5-8)9(14)15/h8,17H,4-7H2,1-3H3,(H,13,16)(H,14,15). The molecule has 1 amide bonds. The summed E-state index contributed by atoms with van der Waals surface area (Å²) in [5.41, 5.74) is -2.20. The van der Waals surface area contributed by atoms with E-state index in [1.165, 1.54) is 0 Å². The second-order valence-electron chi connectivity index (χ2n) is 5.76. The van der Waals surface area contributed by atoms with E-state index >= 15 is 0 Å². The van der Waals surface area contributed by atoms with E-state index < -0.39 is 23.3 Å². The first-order chi connectivity index (χ1) is 8.12. The maximum Gasteiger partial charge on any atom is 0.407 e. The van der Waals surface area contributed by atoms with E-state index in [9.17, 15) is 14.7 Å². The van der Waals surface area contributed by atoms with Gasteiger partial charge in [0.1, 0.15) is 5.60 Å². The third kappa shape index (κ3) is 4.18. The average Bonchev–Trinajstić information content (AvgIpc) is 2.18. The Morgan fingerprint density at radius 2 is 1.78 bits per heavy atom. The van der Waals surface area contributed by atoms with Crippen molar-refractivity contribution < 1.29 is 24.5 Å². The van der Waals surface area contributed by atoms with Gasteiger partial charge in [0.2, 0.25) is 0 Å². The van der Waals surface area contributed by atoms with Crippen molar-refractivity contribution in [3.63, 3.8) is 0 Å². The second kappa shape index (κ2) is 5.14. The Morgan fingerprint density at radius 1 is 1.28 bits per heavy atom. The van der Waals surface area contributed by atoms with Crippen LogP contribution in [0, 0.1) is 0 Å². The van der Waals surface area contributed by atoms with Crippen LogP contribution in [0.25, 0.3) is 0 Å². The molecule has 1 aliphatic carbocycles. The molecule has 0 bridgehead atoms. The average molecular weight is 259 g/mol. The Bertz CT molecular complexity index is 326. The number of carboxylic acid groups (broad SMARTS) is 1. The van der Waals surface area contributed by atoms with Crippen molar-refractivity contribution in [2.24, 2.45) is 0 Å². The lowest BCUT2D eigenvalue weighted by Gasteiger charge is -2.33. The van der Waals surface area contributed by atoms with Crippen LogP contribution in [-0.4, -0.2) is 39.5 Å². The lowest BCUT2D eigenvalue weighted by molar-refractivity contribution is -0.162. The van der Waals surface area contributed by atoms with Gasteiger partial charge in [-0.3, -0.25) is 0 Å².